The average molecular weight is 261 g/mol. The Labute approximate surface area is 112 Å². The summed E-state index contributed by atoms with van der Waals surface area (Å²) in [5.41, 5.74) is 0.400. The van der Waals surface area contributed by atoms with E-state index in [1.165, 1.54) is 0 Å². The molecule has 0 unspecified atom stereocenters. The van der Waals surface area contributed by atoms with E-state index in [0.29, 0.717) is 11.5 Å². The van der Waals surface area contributed by atoms with Crippen LogP contribution in [-0.4, -0.2) is 24.7 Å². The van der Waals surface area contributed by atoms with Crippen LogP contribution in [0.2, 0.25) is 0 Å². The molecular weight excluding hydrogens is 242 g/mol. The van der Waals surface area contributed by atoms with Gasteiger partial charge >= 0.3 is 0 Å². The summed E-state index contributed by atoms with van der Waals surface area (Å²) >= 11 is 0. The molecule has 0 saturated carbocycles. The normalized spacial score (nSPS) is 11.6. The van der Waals surface area contributed by atoms with Gasteiger partial charge in [-0.2, -0.15) is 0 Å². The Morgan fingerprint density at radius 3 is 2.21 bits per heavy atom. The number of carbonyl (C=O) groups is 1. The van der Waals surface area contributed by atoms with Crippen molar-refractivity contribution < 1.29 is 14.3 Å². The number of rotatable bonds is 2. The molecule has 0 saturated heterocycles. The molecular formula is C15H19NO3. The van der Waals surface area contributed by atoms with Crippen molar-refractivity contribution in [2.75, 3.05) is 14.2 Å². The lowest BCUT2D eigenvalue weighted by Gasteiger charge is -2.18. The first-order valence-corrected chi connectivity index (χ1v) is 6.16. The van der Waals surface area contributed by atoms with E-state index in [2.05, 4.69) is 0 Å². The number of nitrogens with zero attached hydrogens (tertiary/aromatic N) is 1. The SMILES string of the molecule is COc1cc2ccn(C(=O)C(C)(C)C)c2cc1OC. The fraction of sp³-hybridized carbons (Fsp3) is 0.400. The number of methoxy groups -OCH3 is 2. The largest absolute Gasteiger partial charge is 0.493 e. The van der Waals surface area contributed by atoms with Crippen molar-refractivity contribution in [3.8, 4) is 11.5 Å². The second-order valence-corrected chi connectivity index (χ2v) is 5.51. The predicted molar refractivity (Wildman–Crippen MR) is 75.1 cm³/mol. The van der Waals surface area contributed by atoms with Gasteiger partial charge in [0.15, 0.2) is 11.5 Å². The van der Waals surface area contributed by atoms with Crippen LogP contribution < -0.4 is 9.47 Å². The van der Waals surface area contributed by atoms with Crippen LogP contribution in [0.3, 0.4) is 0 Å². The number of fused-ring (bicyclic) bond motifs is 1. The Morgan fingerprint density at radius 2 is 1.68 bits per heavy atom. The molecule has 1 aromatic carbocycles. The van der Waals surface area contributed by atoms with Gasteiger partial charge in [0.1, 0.15) is 0 Å². The van der Waals surface area contributed by atoms with Crippen molar-refractivity contribution in [1.82, 2.24) is 4.57 Å². The van der Waals surface area contributed by atoms with E-state index in [1.54, 1.807) is 25.0 Å². The van der Waals surface area contributed by atoms with Crippen molar-refractivity contribution in [1.29, 1.82) is 0 Å². The quantitative estimate of drug-likeness (QED) is 0.832. The zero-order valence-electron chi connectivity index (χ0n) is 12.0. The molecule has 0 spiro atoms. The highest BCUT2D eigenvalue weighted by Gasteiger charge is 2.24. The Kier molecular flexibility index (Phi) is 3.27. The van der Waals surface area contributed by atoms with Crippen LogP contribution in [0.15, 0.2) is 24.4 Å². The monoisotopic (exact) mass is 261 g/mol. The summed E-state index contributed by atoms with van der Waals surface area (Å²) in [5, 5.41) is 0.954. The first-order valence-electron chi connectivity index (χ1n) is 6.16. The van der Waals surface area contributed by atoms with E-state index in [-0.39, 0.29) is 5.91 Å². The lowest BCUT2D eigenvalue weighted by atomic mass is 9.95. The fourth-order valence-electron chi connectivity index (χ4n) is 2.00. The molecule has 4 nitrogen and oxygen atoms in total. The molecule has 0 aliphatic carbocycles. The topological polar surface area (TPSA) is 40.5 Å². The van der Waals surface area contributed by atoms with Gasteiger partial charge in [-0.25, -0.2) is 0 Å². The van der Waals surface area contributed by atoms with Gasteiger partial charge in [0, 0.05) is 23.1 Å². The molecule has 1 heterocycles. The number of aromatic nitrogens is 1. The predicted octanol–water partition coefficient (Wildman–Crippen LogP) is 3.34. The molecule has 0 atom stereocenters. The minimum absolute atomic E-state index is 0.0507. The number of carbonyl (C=O) groups excluding carboxylic acids is 1. The smallest absolute Gasteiger partial charge is 0.236 e. The van der Waals surface area contributed by atoms with Crippen molar-refractivity contribution in [2.45, 2.75) is 20.8 Å². The Morgan fingerprint density at radius 1 is 1.11 bits per heavy atom. The van der Waals surface area contributed by atoms with E-state index in [4.69, 9.17) is 9.47 Å². The average Bonchev–Trinajstić information content (AvgIpc) is 2.77. The maximum absolute atomic E-state index is 12.4. The Hall–Kier alpha value is -1.97. The number of benzene rings is 1. The number of ether oxygens (including phenoxy) is 2. The van der Waals surface area contributed by atoms with Crippen LogP contribution >= 0.6 is 0 Å². The lowest BCUT2D eigenvalue weighted by Crippen LogP contribution is -2.25. The van der Waals surface area contributed by atoms with Crippen molar-refractivity contribution in [2.24, 2.45) is 5.41 Å². The summed E-state index contributed by atoms with van der Waals surface area (Å²) in [6, 6.07) is 5.61. The Bertz CT molecular complexity index is 620. The van der Waals surface area contributed by atoms with E-state index in [1.807, 2.05) is 39.0 Å². The summed E-state index contributed by atoms with van der Waals surface area (Å²) in [6.07, 6.45) is 1.79. The van der Waals surface area contributed by atoms with Crippen molar-refractivity contribution >= 4 is 16.8 Å². The van der Waals surface area contributed by atoms with Crippen LogP contribution in [0, 0.1) is 5.41 Å². The second kappa shape index (κ2) is 4.61. The van der Waals surface area contributed by atoms with Crippen molar-refractivity contribution in [3.63, 3.8) is 0 Å². The van der Waals surface area contributed by atoms with Gasteiger partial charge in [-0.05, 0) is 12.1 Å². The maximum atomic E-state index is 12.4. The highest BCUT2D eigenvalue weighted by molar-refractivity contribution is 5.96. The maximum Gasteiger partial charge on any atom is 0.236 e. The number of hydrogen-bond donors (Lipinski definition) is 0. The number of hydrogen-bond acceptors (Lipinski definition) is 3. The molecule has 2 aromatic rings. The van der Waals surface area contributed by atoms with Crippen LogP contribution in [-0.2, 0) is 0 Å². The third-order valence-corrected chi connectivity index (χ3v) is 3.06. The molecule has 2 rings (SSSR count). The zero-order chi connectivity index (χ0) is 14.2. The molecule has 0 N–H and O–H groups in total. The van der Waals surface area contributed by atoms with E-state index < -0.39 is 5.41 Å². The molecule has 102 valence electrons. The first-order chi connectivity index (χ1) is 8.88. The third kappa shape index (κ3) is 2.30. The standard InChI is InChI=1S/C15H19NO3/c1-15(2,3)14(17)16-7-6-10-8-12(18-4)13(19-5)9-11(10)16/h6-9H,1-5H3. The molecule has 19 heavy (non-hydrogen) atoms. The molecule has 0 amide bonds. The van der Waals surface area contributed by atoms with Gasteiger partial charge in [-0.3, -0.25) is 9.36 Å². The summed E-state index contributed by atoms with van der Waals surface area (Å²) in [4.78, 5) is 12.4. The zero-order valence-corrected chi connectivity index (χ0v) is 12.0. The molecule has 1 aromatic heterocycles. The summed E-state index contributed by atoms with van der Waals surface area (Å²) in [7, 11) is 3.18. The first kappa shape index (κ1) is 13.5. The van der Waals surface area contributed by atoms with E-state index in [0.717, 1.165) is 10.9 Å². The summed E-state index contributed by atoms with van der Waals surface area (Å²) in [5.74, 6) is 1.34. The van der Waals surface area contributed by atoms with Gasteiger partial charge in [-0.15, -0.1) is 0 Å². The molecule has 0 bridgehead atoms. The van der Waals surface area contributed by atoms with Gasteiger partial charge < -0.3 is 9.47 Å². The lowest BCUT2D eigenvalue weighted by molar-refractivity contribution is 0.0772. The highest BCUT2D eigenvalue weighted by atomic mass is 16.5. The third-order valence-electron chi connectivity index (χ3n) is 3.06. The van der Waals surface area contributed by atoms with Gasteiger partial charge in [0.25, 0.3) is 0 Å². The fourth-order valence-corrected chi connectivity index (χ4v) is 2.00. The van der Waals surface area contributed by atoms with Crippen molar-refractivity contribution in [3.05, 3.63) is 24.4 Å². The summed E-state index contributed by atoms with van der Waals surface area (Å²) in [6.45, 7) is 5.71. The van der Waals surface area contributed by atoms with Crippen LogP contribution in [0.5, 0.6) is 11.5 Å². The molecule has 0 radical (unpaired) electrons. The van der Waals surface area contributed by atoms with E-state index in [9.17, 15) is 4.79 Å². The molecule has 0 fully saturated rings. The molecule has 0 aliphatic rings. The van der Waals surface area contributed by atoms with Crippen LogP contribution in [0.25, 0.3) is 10.9 Å². The minimum Gasteiger partial charge on any atom is -0.493 e. The minimum atomic E-state index is -0.431. The van der Waals surface area contributed by atoms with Crippen LogP contribution in [0.4, 0.5) is 0 Å². The highest BCUT2D eigenvalue weighted by Crippen LogP contribution is 2.33. The van der Waals surface area contributed by atoms with Crippen LogP contribution in [0.1, 0.15) is 25.6 Å². The second-order valence-electron chi connectivity index (χ2n) is 5.51. The van der Waals surface area contributed by atoms with Gasteiger partial charge in [-0.1, -0.05) is 20.8 Å². The molecule has 4 heteroatoms. The summed E-state index contributed by atoms with van der Waals surface area (Å²) < 4.78 is 12.2. The van der Waals surface area contributed by atoms with E-state index >= 15 is 0 Å². The Balaban J connectivity index is 2.63. The van der Waals surface area contributed by atoms with Gasteiger partial charge in [0.2, 0.25) is 5.91 Å². The van der Waals surface area contributed by atoms with Gasteiger partial charge in [0.05, 0.1) is 19.7 Å². The molecule has 0 aliphatic heterocycles.